The molecule has 19 heavy (non-hydrogen) atoms. The van der Waals surface area contributed by atoms with Gasteiger partial charge in [-0.3, -0.25) is 9.78 Å². The zero-order valence-corrected chi connectivity index (χ0v) is 10.9. The van der Waals surface area contributed by atoms with Crippen LogP contribution < -0.4 is 11.1 Å². The fourth-order valence-corrected chi connectivity index (χ4v) is 1.85. The van der Waals surface area contributed by atoms with Crippen LogP contribution in [0.25, 0.3) is 0 Å². The van der Waals surface area contributed by atoms with Crippen molar-refractivity contribution in [1.29, 1.82) is 0 Å². The Hall–Kier alpha value is -2.36. The molecule has 0 spiro atoms. The van der Waals surface area contributed by atoms with Gasteiger partial charge in [-0.1, -0.05) is 12.1 Å². The van der Waals surface area contributed by atoms with Gasteiger partial charge in [0.1, 0.15) is 0 Å². The van der Waals surface area contributed by atoms with Crippen LogP contribution >= 0.6 is 0 Å². The fraction of sp³-hybridized carbons (Fsp3) is 0.200. The number of carbonyl (C=O) groups is 1. The van der Waals surface area contributed by atoms with Gasteiger partial charge in [0.05, 0.1) is 11.9 Å². The van der Waals surface area contributed by atoms with Gasteiger partial charge < -0.3 is 11.1 Å². The fourth-order valence-electron chi connectivity index (χ4n) is 1.85. The van der Waals surface area contributed by atoms with Crippen molar-refractivity contribution < 1.29 is 4.79 Å². The molecular weight excluding hydrogens is 238 g/mol. The third kappa shape index (κ3) is 4.10. The molecule has 3 N–H and O–H groups in total. The predicted octanol–water partition coefficient (Wildman–Crippen LogP) is 2.54. The first-order chi connectivity index (χ1) is 9.13. The van der Waals surface area contributed by atoms with E-state index in [1.165, 1.54) is 0 Å². The Morgan fingerprint density at radius 2 is 2.16 bits per heavy atom. The molecule has 0 unspecified atom stereocenters. The quantitative estimate of drug-likeness (QED) is 0.825. The van der Waals surface area contributed by atoms with E-state index in [9.17, 15) is 4.79 Å². The van der Waals surface area contributed by atoms with Crippen LogP contribution in [-0.4, -0.2) is 10.9 Å². The molecule has 0 atom stereocenters. The first-order valence-electron chi connectivity index (χ1n) is 6.19. The Morgan fingerprint density at radius 1 is 1.32 bits per heavy atom. The van der Waals surface area contributed by atoms with E-state index < -0.39 is 0 Å². The van der Waals surface area contributed by atoms with Gasteiger partial charge in [-0.15, -0.1) is 0 Å². The molecule has 2 rings (SSSR count). The molecule has 1 aromatic heterocycles. The largest absolute Gasteiger partial charge is 0.399 e. The lowest BCUT2D eigenvalue weighted by atomic mass is 10.1. The van der Waals surface area contributed by atoms with Crippen LogP contribution in [0.4, 0.5) is 11.4 Å². The third-order valence-corrected chi connectivity index (χ3v) is 2.75. The van der Waals surface area contributed by atoms with Gasteiger partial charge in [0.25, 0.3) is 0 Å². The topological polar surface area (TPSA) is 68.0 Å². The molecule has 0 saturated heterocycles. The van der Waals surface area contributed by atoms with E-state index in [1.807, 2.05) is 37.3 Å². The second kappa shape index (κ2) is 6.00. The van der Waals surface area contributed by atoms with Crippen molar-refractivity contribution in [3.05, 3.63) is 53.9 Å². The highest BCUT2D eigenvalue weighted by atomic mass is 16.1. The van der Waals surface area contributed by atoms with Crippen LogP contribution in [0.1, 0.15) is 17.5 Å². The number of nitrogens with one attached hydrogen (secondary N) is 1. The first-order valence-corrected chi connectivity index (χ1v) is 6.19. The third-order valence-electron chi connectivity index (χ3n) is 2.75. The Morgan fingerprint density at radius 3 is 2.89 bits per heavy atom. The van der Waals surface area contributed by atoms with Crippen LogP contribution in [0.15, 0.2) is 42.7 Å². The van der Waals surface area contributed by atoms with Crippen LogP contribution in [0.2, 0.25) is 0 Å². The van der Waals surface area contributed by atoms with E-state index in [0.717, 1.165) is 22.5 Å². The number of benzene rings is 1. The number of amides is 1. The number of aromatic nitrogens is 1. The maximum absolute atomic E-state index is 11.8. The van der Waals surface area contributed by atoms with Crippen molar-refractivity contribution >= 4 is 17.3 Å². The van der Waals surface area contributed by atoms with Gasteiger partial charge in [0, 0.05) is 18.3 Å². The standard InChI is InChI=1S/C15H17N3O/c1-11-7-14(10-17-9-11)18-15(19)6-5-12-3-2-4-13(16)8-12/h2-4,7-10H,5-6,16H2,1H3,(H,18,19). The predicted molar refractivity (Wildman–Crippen MR) is 76.8 cm³/mol. The number of aryl methyl sites for hydroxylation is 2. The smallest absolute Gasteiger partial charge is 0.224 e. The molecular formula is C15H17N3O. The Balaban J connectivity index is 1.88. The number of hydrogen-bond donors (Lipinski definition) is 2. The summed E-state index contributed by atoms with van der Waals surface area (Å²) in [6.07, 6.45) is 4.50. The molecule has 1 amide bonds. The lowest BCUT2D eigenvalue weighted by Gasteiger charge is -2.06. The van der Waals surface area contributed by atoms with Crippen LogP contribution in [0.3, 0.4) is 0 Å². The molecule has 0 radical (unpaired) electrons. The maximum Gasteiger partial charge on any atom is 0.224 e. The van der Waals surface area contributed by atoms with Gasteiger partial charge in [-0.2, -0.15) is 0 Å². The van der Waals surface area contributed by atoms with Crippen molar-refractivity contribution in [2.24, 2.45) is 0 Å². The molecule has 0 aliphatic carbocycles. The summed E-state index contributed by atoms with van der Waals surface area (Å²) >= 11 is 0. The SMILES string of the molecule is Cc1cncc(NC(=O)CCc2cccc(N)c2)c1. The highest BCUT2D eigenvalue weighted by Crippen LogP contribution is 2.11. The van der Waals surface area contributed by atoms with Gasteiger partial charge in [-0.25, -0.2) is 0 Å². The van der Waals surface area contributed by atoms with E-state index in [4.69, 9.17) is 5.73 Å². The molecule has 0 aliphatic heterocycles. The summed E-state index contributed by atoms with van der Waals surface area (Å²) in [5, 5.41) is 2.83. The number of nitrogen functional groups attached to an aromatic ring is 1. The second-order valence-corrected chi connectivity index (χ2v) is 4.54. The van der Waals surface area contributed by atoms with Crippen molar-refractivity contribution in [3.63, 3.8) is 0 Å². The molecule has 1 aromatic carbocycles. The van der Waals surface area contributed by atoms with Crippen molar-refractivity contribution in [2.75, 3.05) is 11.1 Å². The number of carbonyl (C=O) groups excluding carboxylic acids is 1. The lowest BCUT2D eigenvalue weighted by Crippen LogP contribution is -2.12. The summed E-state index contributed by atoms with van der Waals surface area (Å²) < 4.78 is 0. The number of nitrogens with two attached hydrogens (primary N) is 1. The van der Waals surface area contributed by atoms with E-state index in [1.54, 1.807) is 12.4 Å². The lowest BCUT2D eigenvalue weighted by molar-refractivity contribution is -0.116. The van der Waals surface area contributed by atoms with Crippen LogP contribution in [0.5, 0.6) is 0 Å². The number of hydrogen-bond acceptors (Lipinski definition) is 3. The van der Waals surface area contributed by atoms with Gasteiger partial charge in [-0.05, 0) is 42.7 Å². The van der Waals surface area contributed by atoms with Crippen molar-refractivity contribution in [3.8, 4) is 0 Å². The first kappa shape index (κ1) is 13.1. The highest BCUT2D eigenvalue weighted by molar-refractivity contribution is 5.90. The second-order valence-electron chi connectivity index (χ2n) is 4.54. The average molecular weight is 255 g/mol. The summed E-state index contributed by atoms with van der Waals surface area (Å²) in [5.41, 5.74) is 9.24. The summed E-state index contributed by atoms with van der Waals surface area (Å²) in [5.74, 6) is -0.0187. The zero-order valence-electron chi connectivity index (χ0n) is 10.9. The molecule has 1 heterocycles. The minimum absolute atomic E-state index is 0.0187. The van der Waals surface area contributed by atoms with E-state index in [-0.39, 0.29) is 5.91 Å². The van der Waals surface area contributed by atoms with E-state index >= 15 is 0 Å². The minimum Gasteiger partial charge on any atom is -0.399 e. The highest BCUT2D eigenvalue weighted by Gasteiger charge is 2.04. The zero-order chi connectivity index (χ0) is 13.7. The molecule has 4 heteroatoms. The minimum atomic E-state index is -0.0187. The average Bonchev–Trinajstić information content (AvgIpc) is 2.36. The molecule has 0 fully saturated rings. The molecule has 0 bridgehead atoms. The van der Waals surface area contributed by atoms with Crippen LogP contribution in [0, 0.1) is 6.92 Å². The number of rotatable bonds is 4. The normalized spacial score (nSPS) is 10.2. The maximum atomic E-state index is 11.8. The molecule has 4 nitrogen and oxygen atoms in total. The summed E-state index contributed by atoms with van der Waals surface area (Å²) in [4.78, 5) is 15.8. The van der Waals surface area contributed by atoms with Crippen LogP contribution in [-0.2, 0) is 11.2 Å². The number of anilines is 2. The molecule has 0 aliphatic rings. The Bertz CT molecular complexity index is 581. The number of pyridine rings is 1. The number of nitrogens with zero attached hydrogens (tertiary/aromatic N) is 1. The Kier molecular flexibility index (Phi) is 4.13. The Labute approximate surface area is 112 Å². The summed E-state index contributed by atoms with van der Waals surface area (Å²) in [7, 11) is 0. The summed E-state index contributed by atoms with van der Waals surface area (Å²) in [6.45, 7) is 1.94. The van der Waals surface area contributed by atoms with E-state index in [0.29, 0.717) is 12.8 Å². The summed E-state index contributed by atoms with van der Waals surface area (Å²) in [6, 6.07) is 9.49. The molecule has 98 valence electrons. The van der Waals surface area contributed by atoms with E-state index in [2.05, 4.69) is 10.3 Å². The van der Waals surface area contributed by atoms with Gasteiger partial charge >= 0.3 is 0 Å². The van der Waals surface area contributed by atoms with Gasteiger partial charge in [0.2, 0.25) is 5.91 Å². The monoisotopic (exact) mass is 255 g/mol. The molecule has 2 aromatic rings. The van der Waals surface area contributed by atoms with Gasteiger partial charge in [0.15, 0.2) is 0 Å². The van der Waals surface area contributed by atoms with Crippen molar-refractivity contribution in [2.45, 2.75) is 19.8 Å². The molecule has 0 saturated carbocycles. The van der Waals surface area contributed by atoms with Crippen molar-refractivity contribution in [1.82, 2.24) is 4.98 Å².